The fraction of sp³-hybridized carbons (Fsp3) is 0.333. The summed E-state index contributed by atoms with van der Waals surface area (Å²) >= 11 is 0. The maximum atomic E-state index is 13.5. The van der Waals surface area contributed by atoms with Crippen molar-refractivity contribution in [2.75, 3.05) is 18.0 Å². The third-order valence-electron chi connectivity index (χ3n) is 6.82. The van der Waals surface area contributed by atoms with Gasteiger partial charge in [0.1, 0.15) is 11.3 Å². The number of H-pyrrole nitrogens is 1. The van der Waals surface area contributed by atoms with Gasteiger partial charge in [-0.1, -0.05) is 6.07 Å². The zero-order chi connectivity index (χ0) is 25.1. The Morgan fingerprint density at radius 2 is 1.72 bits per heavy atom. The number of aromatic nitrogens is 6. The Balaban J connectivity index is 1.33. The molecule has 0 unspecified atom stereocenters. The van der Waals surface area contributed by atoms with Crippen molar-refractivity contribution in [1.29, 1.82) is 0 Å². The summed E-state index contributed by atoms with van der Waals surface area (Å²) in [6.45, 7) is 7.07. The Hall–Kier alpha value is -3.88. The molecule has 36 heavy (non-hydrogen) atoms. The summed E-state index contributed by atoms with van der Waals surface area (Å²) in [6.07, 6.45) is 6.99. The summed E-state index contributed by atoms with van der Waals surface area (Å²) in [5.41, 5.74) is 6.92. The van der Waals surface area contributed by atoms with Gasteiger partial charge in [-0.05, 0) is 50.6 Å². The van der Waals surface area contributed by atoms with Crippen LogP contribution in [-0.4, -0.2) is 48.5 Å². The number of benzene rings is 1. The number of hydrogen-bond donors (Lipinski definition) is 1. The molecule has 0 saturated carbocycles. The molecule has 184 valence electrons. The molecule has 5 heterocycles. The van der Waals surface area contributed by atoms with Gasteiger partial charge in [-0.25, -0.2) is 28.7 Å². The number of nitrogens with zero attached hydrogens (tertiary/aromatic N) is 6. The second-order valence-corrected chi connectivity index (χ2v) is 10.4. The fourth-order valence-electron chi connectivity index (χ4n) is 4.75. The van der Waals surface area contributed by atoms with Gasteiger partial charge in [0, 0.05) is 55.0 Å². The molecule has 7 nitrogen and oxygen atoms in total. The number of nitrogens with one attached hydrogen (secondary N) is 1. The lowest BCUT2D eigenvalue weighted by Gasteiger charge is -2.32. The van der Waals surface area contributed by atoms with Crippen molar-refractivity contribution in [3.63, 3.8) is 0 Å². The van der Waals surface area contributed by atoms with E-state index in [1.807, 2.05) is 35.6 Å². The molecular formula is C27H27F2N7. The highest BCUT2D eigenvalue weighted by molar-refractivity contribution is 5.94. The number of aromatic amines is 1. The second kappa shape index (κ2) is 8.08. The molecule has 1 aromatic carbocycles. The van der Waals surface area contributed by atoms with Crippen molar-refractivity contribution in [3.05, 3.63) is 55.2 Å². The van der Waals surface area contributed by atoms with Crippen LogP contribution in [0.25, 0.3) is 44.6 Å². The first-order chi connectivity index (χ1) is 17.2. The van der Waals surface area contributed by atoms with E-state index in [4.69, 9.17) is 4.98 Å². The van der Waals surface area contributed by atoms with E-state index < -0.39 is 5.92 Å². The Kier molecular flexibility index (Phi) is 5.07. The topological polar surface area (TPSA) is 75.5 Å². The third-order valence-corrected chi connectivity index (χ3v) is 6.82. The molecule has 9 heteroatoms. The van der Waals surface area contributed by atoms with Crippen molar-refractivity contribution in [3.8, 4) is 22.4 Å². The number of rotatable bonds is 3. The molecule has 0 atom stereocenters. The second-order valence-electron chi connectivity index (χ2n) is 10.4. The zero-order valence-electron chi connectivity index (χ0n) is 20.5. The minimum absolute atomic E-state index is 0.0885. The summed E-state index contributed by atoms with van der Waals surface area (Å²) in [4.78, 5) is 23.7. The summed E-state index contributed by atoms with van der Waals surface area (Å²) < 4.78 is 29.2. The highest BCUT2D eigenvalue weighted by atomic mass is 19.3. The van der Waals surface area contributed by atoms with Gasteiger partial charge in [-0.15, -0.1) is 0 Å². The highest BCUT2D eigenvalue weighted by Crippen LogP contribution is 2.33. The first kappa shape index (κ1) is 22.6. The molecule has 1 saturated heterocycles. The smallest absolute Gasteiger partial charge is 0.251 e. The maximum Gasteiger partial charge on any atom is 0.251 e. The van der Waals surface area contributed by atoms with Gasteiger partial charge in [0.05, 0.1) is 29.3 Å². The Labute approximate surface area is 207 Å². The number of anilines is 1. The summed E-state index contributed by atoms with van der Waals surface area (Å²) in [5.74, 6) is -1.87. The van der Waals surface area contributed by atoms with Crippen molar-refractivity contribution in [2.24, 2.45) is 0 Å². The van der Waals surface area contributed by atoms with Crippen LogP contribution >= 0.6 is 0 Å². The number of hydrogen-bond acceptors (Lipinski definition) is 5. The molecular weight excluding hydrogens is 460 g/mol. The molecule has 1 N–H and O–H groups in total. The lowest BCUT2D eigenvalue weighted by molar-refractivity contribution is -0.0221. The molecule has 1 aliphatic rings. The van der Waals surface area contributed by atoms with Gasteiger partial charge in [0.2, 0.25) is 0 Å². The van der Waals surface area contributed by atoms with Crippen LogP contribution in [0.5, 0.6) is 0 Å². The SMILES string of the molecule is CC(C)(C)n1cnc2ccc(-c3c[nH]c4ncc(-c5ccc(N6CCC(F)(F)CC6)nc5)nc34)cc21. The van der Waals surface area contributed by atoms with E-state index in [1.165, 1.54) is 0 Å². The third kappa shape index (κ3) is 3.98. The van der Waals surface area contributed by atoms with E-state index in [9.17, 15) is 8.78 Å². The molecule has 0 spiro atoms. The largest absolute Gasteiger partial charge is 0.356 e. The van der Waals surface area contributed by atoms with Gasteiger partial charge in [-0.2, -0.15) is 0 Å². The lowest BCUT2D eigenvalue weighted by atomic mass is 10.1. The molecule has 0 aliphatic carbocycles. The molecule has 5 aromatic rings. The van der Waals surface area contributed by atoms with Crippen LogP contribution in [0.3, 0.4) is 0 Å². The Bertz CT molecular complexity index is 1550. The monoisotopic (exact) mass is 487 g/mol. The normalized spacial score (nSPS) is 16.2. The molecule has 4 aromatic heterocycles. The van der Waals surface area contributed by atoms with E-state index in [0.29, 0.717) is 30.2 Å². The van der Waals surface area contributed by atoms with Crippen LogP contribution in [-0.2, 0) is 5.54 Å². The Morgan fingerprint density at radius 1 is 0.944 bits per heavy atom. The first-order valence-corrected chi connectivity index (χ1v) is 12.1. The number of fused-ring (bicyclic) bond motifs is 2. The average Bonchev–Trinajstić information content (AvgIpc) is 3.47. The van der Waals surface area contributed by atoms with Crippen LogP contribution in [0.1, 0.15) is 33.6 Å². The first-order valence-electron chi connectivity index (χ1n) is 12.1. The van der Waals surface area contributed by atoms with E-state index in [1.54, 1.807) is 12.4 Å². The van der Waals surface area contributed by atoms with Gasteiger partial charge in [0.15, 0.2) is 5.65 Å². The molecule has 6 rings (SSSR count). The number of pyridine rings is 1. The lowest BCUT2D eigenvalue weighted by Crippen LogP contribution is -2.39. The zero-order valence-corrected chi connectivity index (χ0v) is 20.5. The van der Waals surface area contributed by atoms with E-state index in [0.717, 1.165) is 33.2 Å². The minimum atomic E-state index is -2.58. The number of piperidine rings is 1. The van der Waals surface area contributed by atoms with Gasteiger partial charge < -0.3 is 14.5 Å². The predicted octanol–water partition coefficient (Wildman–Crippen LogP) is 6.03. The van der Waals surface area contributed by atoms with Crippen LogP contribution in [0, 0.1) is 0 Å². The quantitative estimate of drug-likeness (QED) is 0.336. The van der Waals surface area contributed by atoms with Gasteiger partial charge >= 0.3 is 0 Å². The van der Waals surface area contributed by atoms with Crippen LogP contribution in [0.2, 0.25) is 0 Å². The standard InChI is InChI=1S/C27H27F2N7/c1-26(2,3)36-16-33-20-6-4-17(12-22(20)36)19-14-31-25-24(19)34-21(15-32-25)18-5-7-23(30-13-18)35-10-8-27(28,29)9-11-35/h4-7,12-16H,8-11H2,1-3H3,(H,31,32). The van der Waals surface area contributed by atoms with Crippen molar-refractivity contribution in [1.82, 2.24) is 29.5 Å². The van der Waals surface area contributed by atoms with E-state index in [2.05, 4.69) is 57.4 Å². The number of imidazole rings is 1. The average molecular weight is 488 g/mol. The van der Waals surface area contributed by atoms with Crippen LogP contribution < -0.4 is 4.90 Å². The summed E-state index contributed by atoms with van der Waals surface area (Å²) in [7, 11) is 0. The summed E-state index contributed by atoms with van der Waals surface area (Å²) in [5, 5.41) is 0. The predicted molar refractivity (Wildman–Crippen MR) is 137 cm³/mol. The van der Waals surface area contributed by atoms with Crippen LogP contribution in [0.15, 0.2) is 55.2 Å². The van der Waals surface area contributed by atoms with E-state index in [-0.39, 0.29) is 18.4 Å². The van der Waals surface area contributed by atoms with Gasteiger partial charge in [-0.3, -0.25) is 0 Å². The minimum Gasteiger partial charge on any atom is -0.356 e. The number of halogens is 2. The van der Waals surface area contributed by atoms with Crippen LogP contribution in [0.4, 0.5) is 14.6 Å². The maximum absolute atomic E-state index is 13.5. The van der Waals surface area contributed by atoms with Crippen molar-refractivity contribution >= 4 is 28.0 Å². The van der Waals surface area contributed by atoms with Crippen molar-refractivity contribution < 1.29 is 8.78 Å². The molecule has 0 amide bonds. The fourth-order valence-corrected chi connectivity index (χ4v) is 4.75. The number of alkyl halides is 2. The van der Waals surface area contributed by atoms with E-state index >= 15 is 0 Å². The molecule has 0 radical (unpaired) electrons. The molecule has 1 aliphatic heterocycles. The van der Waals surface area contributed by atoms with Crippen molar-refractivity contribution in [2.45, 2.75) is 45.1 Å². The highest BCUT2D eigenvalue weighted by Gasteiger charge is 2.34. The summed E-state index contributed by atoms with van der Waals surface area (Å²) in [6, 6.07) is 10.0. The molecule has 1 fully saturated rings. The Morgan fingerprint density at radius 3 is 2.44 bits per heavy atom. The molecule has 0 bridgehead atoms. The van der Waals surface area contributed by atoms with Gasteiger partial charge in [0.25, 0.3) is 5.92 Å².